The summed E-state index contributed by atoms with van der Waals surface area (Å²) in [6.45, 7) is 7.58. The van der Waals surface area contributed by atoms with Crippen molar-refractivity contribution in [2.45, 2.75) is 74.2 Å². The van der Waals surface area contributed by atoms with Gasteiger partial charge >= 0.3 is 5.97 Å². The van der Waals surface area contributed by atoms with Gasteiger partial charge in [-0.05, 0) is 70.4 Å². The number of carbonyl (C=O) groups excluding carboxylic acids is 1. The molecule has 2 aromatic heterocycles. The van der Waals surface area contributed by atoms with E-state index < -0.39 is 31.7 Å². The van der Waals surface area contributed by atoms with E-state index in [0.29, 0.717) is 41.8 Å². The number of benzene rings is 1. The second-order valence-electron chi connectivity index (χ2n) is 11.4. The first-order valence-electron chi connectivity index (χ1n) is 12.7. The van der Waals surface area contributed by atoms with Crippen LogP contribution < -0.4 is 10.9 Å². The number of pyridine rings is 1. The van der Waals surface area contributed by atoms with Gasteiger partial charge < -0.3 is 19.8 Å². The average Bonchev–Trinajstić information content (AvgIpc) is 3.23. The number of aromatic amines is 1. The molecule has 2 N–H and O–H groups in total. The van der Waals surface area contributed by atoms with E-state index in [2.05, 4.69) is 16.4 Å². The van der Waals surface area contributed by atoms with Crippen molar-refractivity contribution in [3.05, 3.63) is 46.4 Å². The quantitative estimate of drug-likeness (QED) is 0.435. The van der Waals surface area contributed by atoms with Gasteiger partial charge in [0.05, 0.1) is 41.5 Å². The van der Waals surface area contributed by atoms with Crippen molar-refractivity contribution in [2.75, 3.05) is 18.5 Å². The number of rotatable bonds is 6. The van der Waals surface area contributed by atoms with Crippen LogP contribution in [-0.4, -0.2) is 48.0 Å². The lowest BCUT2D eigenvalue weighted by molar-refractivity contribution is -0.155. The number of ether oxygens (including phenoxy) is 2. The number of esters is 1. The number of nitrogens with one attached hydrogen (secondary N) is 2. The Bertz CT molecular complexity index is 1670. The number of hydrogen-bond donors (Lipinski definition) is 2. The second kappa shape index (κ2) is 9.20. The molecule has 1 unspecified atom stereocenters. The fourth-order valence-corrected chi connectivity index (χ4v) is 7.39. The summed E-state index contributed by atoms with van der Waals surface area (Å²) in [5.74, 6) is -0.336. The zero-order valence-electron chi connectivity index (χ0n) is 22.3. The van der Waals surface area contributed by atoms with Crippen LogP contribution >= 0.6 is 0 Å². The third-order valence-electron chi connectivity index (χ3n) is 7.36. The first-order valence-corrected chi connectivity index (χ1v) is 14.2. The summed E-state index contributed by atoms with van der Waals surface area (Å²) >= 11 is 0. The van der Waals surface area contributed by atoms with Crippen LogP contribution in [0.4, 0.5) is 11.5 Å². The molecule has 11 nitrogen and oxygen atoms in total. The van der Waals surface area contributed by atoms with E-state index in [0.717, 1.165) is 6.42 Å². The molecular formula is C27H31N5O6S. The van der Waals surface area contributed by atoms with Gasteiger partial charge in [-0.15, -0.1) is 0 Å². The zero-order chi connectivity index (χ0) is 28.2. The Morgan fingerprint density at radius 3 is 2.77 bits per heavy atom. The summed E-state index contributed by atoms with van der Waals surface area (Å²) in [6.07, 6.45) is 2.80. The van der Waals surface area contributed by atoms with Gasteiger partial charge in [0.15, 0.2) is 15.7 Å². The highest BCUT2D eigenvalue weighted by Crippen LogP contribution is 2.52. The number of fused-ring (bicyclic) bond motifs is 2. The van der Waals surface area contributed by atoms with Crippen molar-refractivity contribution in [3.63, 3.8) is 0 Å². The first-order chi connectivity index (χ1) is 18.3. The predicted molar refractivity (Wildman–Crippen MR) is 143 cm³/mol. The molecule has 39 heavy (non-hydrogen) atoms. The number of aromatic nitrogens is 3. The lowest BCUT2D eigenvalue weighted by atomic mass is 9.89. The predicted octanol–water partition coefficient (Wildman–Crippen LogP) is 3.62. The minimum absolute atomic E-state index is 0.152. The number of nitriles is 1. The number of sulfone groups is 1. The lowest BCUT2D eigenvalue weighted by Gasteiger charge is -2.40. The molecule has 0 aliphatic carbocycles. The summed E-state index contributed by atoms with van der Waals surface area (Å²) in [6, 6.07) is 8.73. The first kappa shape index (κ1) is 26.9. The molecule has 0 amide bonds. The molecule has 0 saturated carbocycles. The number of carbonyl (C=O) groups is 1. The third kappa shape index (κ3) is 4.39. The van der Waals surface area contributed by atoms with E-state index in [1.54, 1.807) is 43.7 Å². The van der Waals surface area contributed by atoms with Crippen molar-refractivity contribution >= 4 is 38.2 Å². The number of H-pyrrole nitrogens is 1. The van der Waals surface area contributed by atoms with E-state index in [9.17, 15) is 23.3 Å². The Morgan fingerprint density at radius 1 is 1.33 bits per heavy atom. The van der Waals surface area contributed by atoms with Crippen LogP contribution in [0.15, 0.2) is 40.2 Å². The SMILES string of the molecule is CC(C)(C)OC(=O)CC1(C)c2cc(Nc3nn([C@]4(CC#N)CCCOC4)c4cc[nH]c(=O)c34)ccc2S1(=O)=O. The highest BCUT2D eigenvalue weighted by Gasteiger charge is 2.55. The van der Waals surface area contributed by atoms with Crippen molar-refractivity contribution in [1.29, 1.82) is 5.26 Å². The van der Waals surface area contributed by atoms with Crippen LogP contribution in [0.5, 0.6) is 0 Å². The monoisotopic (exact) mass is 553 g/mol. The Labute approximate surface area is 226 Å². The average molecular weight is 554 g/mol. The Balaban J connectivity index is 1.54. The van der Waals surface area contributed by atoms with Gasteiger partial charge in [0.25, 0.3) is 5.56 Å². The van der Waals surface area contributed by atoms with Gasteiger partial charge in [-0.3, -0.25) is 14.3 Å². The summed E-state index contributed by atoms with van der Waals surface area (Å²) < 4.78 is 37.6. The van der Waals surface area contributed by atoms with Gasteiger partial charge in [-0.2, -0.15) is 10.4 Å². The smallest absolute Gasteiger partial charge is 0.308 e. The molecule has 2 aliphatic rings. The van der Waals surface area contributed by atoms with Gasteiger partial charge in [0, 0.05) is 18.5 Å². The molecule has 206 valence electrons. The van der Waals surface area contributed by atoms with Crippen LogP contribution in [0.25, 0.3) is 10.9 Å². The highest BCUT2D eigenvalue weighted by atomic mass is 32.2. The van der Waals surface area contributed by atoms with E-state index in [1.807, 2.05) is 0 Å². The van der Waals surface area contributed by atoms with Crippen LogP contribution in [0.2, 0.25) is 0 Å². The molecule has 3 aromatic rings. The fraction of sp³-hybridized carbons (Fsp3) is 0.481. The maximum Gasteiger partial charge on any atom is 0.308 e. The van der Waals surface area contributed by atoms with E-state index in [4.69, 9.17) is 14.6 Å². The maximum atomic E-state index is 13.1. The van der Waals surface area contributed by atoms with Crippen molar-refractivity contribution < 1.29 is 22.7 Å². The van der Waals surface area contributed by atoms with E-state index in [1.165, 1.54) is 19.2 Å². The van der Waals surface area contributed by atoms with Crippen LogP contribution in [0.3, 0.4) is 0 Å². The second-order valence-corrected chi connectivity index (χ2v) is 13.7. The summed E-state index contributed by atoms with van der Waals surface area (Å²) in [7, 11) is -3.74. The van der Waals surface area contributed by atoms with E-state index in [-0.39, 0.29) is 29.1 Å². The molecule has 1 saturated heterocycles. The normalized spacial score (nSPS) is 23.9. The van der Waals surface area contributed by atoms with Crippen molar-refractivity contribution in [1.82, 2.24) is 14.8 Å². The van der Waals surface area contributed by atoms with Crippen LogP contribution in [0, 0.1) is 11.3 Å². The number of anilines is 2. The maximum absolute atomic E-state index is 13.1. The molecular weight excluding hydrogens is 522 g/mol. The molecule has 4 heterocycles. The molecule has 5 rings (SSSR count). The number of hydrogen-bond acceptors (Lipinski definition) is 9. The van der Waals surface area contributed by atoms with Gasteiger partial charge in [-0.1, -0.05) is 0 Å². The van der Waals surface area contributed by atoms with E-state index >= 15 is 0 Å². The van der Waals surface area contributed by atoms with Crippen LogP contribution in [-0.2, 0) is 34.4 Å². The minimum atomic E-state index is -3.74. The van der Waals surface area contributed by atoms with Crippen molar-refractivity contribution in [3.8, 4) is 6.07 Å². The Morgan fingerprint density at radius 2 is 2.10 bits per heavy atom. The fourth-order valence-electron chi connectivity index (χ4n) is 5.47. The molecule has 1 fully saturated rings. The molecule has 0 spiro atoms. The molecule has 0 radical (unpaired) electrons. The summed E-state index contributed by atoms with van der Waals surface area (Å²) in [5.41, 5.74) is -0.276. The largest absolute Gasteiger partial charge is 0.460 e. The van der Waals surface area contributed by atoms with Gasteiger partial charge in [-0.25, -0.2) is 8.42 Å². The summed E-state index contributed by atoms with van der Waals surface area (Å²) in [4.78, 5) is 28.3. The number of nitrogens with zero attached hydrogens (tertiary/aromatic N) is 3. The molecule has 2 aliphatic heterocycles. The van der Waals surface area contributed by atoms with Crippen LogP contribution in [0.1, 0.15) is 58.9 Å². The molecule has 0 bridgehead atoms. The minimum Gasteiger partial charge on any atom is -0.460 e. The Hall–Kier alpha value is -3.69. The highest BCUT2D eigenvalue weighted by molar-refractivity contribution is 7.94. The molecule has 12 heteroatoms. The zero-order valence-corrected chi connectivity index (χ0v) is 23.1. The molecule has 1 aromatic carbocycles. The van der Waals surface area contributed by atoms with Crippen molar-refractivity contribution in [2.24, 2.45) is 0 Å². The lowest BCUT2D eigenvalue weighted by Crippen LogP contribution is -2.45. The Kier molecular flexibility index (Phi) is 6.35. The standard InChI is InChI=1S/C27H31N5O6S/c1-25(2,3)38-21(33)15-26(4)18-14-17(6-7-20(18)39(26,35)36)30-23-22-19(8-12-29-24(22)34)32(31-23)27(10-11-28)9-5-13-37-16-27/h6-8,12,14H,5,9-10,13,15-16H2,1-4H3,(H,29,34)(H,30,31)/t26?,27-/m0/s1. The van der Waals surface area contributed by atoms with Gasteiger partial charge in [0.2, 0.25) is 0 Å². The summed E-state index contributed by atoms with van der Waals surface area (Å²) in [5, 5.41) is 17.8. The van der Waals surface area contributed by atoms with Gasteiger partial charge in [0.1, 0.15) is 15.7 Å². The topological polar surface area (TPSA) is 156 Å². The molecule has 2 atom stereocenters. The third-order valence-corrected chi connectivity index (χ3v) is 9.84.